The number of hydrogen-bond donors (Lipinski definition) is 0. The molecular weight excluding hydrogens is 176 g/mol. The molecule has 0 aliphatic carbocycles. The number of rotatable bonds is 1. The van der Waals surface area contributed by atoms with Crippen LogP contribution in [-0.4, -0.2) is 11.3 Å². The van der Waals surface area contributed by atoms with Crippen LogP contribution in [0.25, 0.3) is 10.9 Å². The molecule has 2 aromatic rings. The van der Waals surface area contributed by atoms with E-state index < -0.39 is 0 Å². The Morgan fingerprint density at radius 3 is 2.86 bits per heavy atom. The summed E-state index contributed by atoms with van der Waals surface area (Å²) in [5.41, 5.74) is 1.42. The van der Waals surface area contributed by atoms with Crippen molar-refractivity contribution in [3.05, 3.63) is 41.6 Å². The monoisotopic (exact) mass is 182 g/mol. The van der Waals surface area contributed by atoms with E-state index in [2.05, 4.69) is 4.98 Å². The first-order chi connectivity index (χ1) is 6.85. The maximum atomic E-state index is 10.5. The van der Waals surface area contributed by atoms with Gasteiger partial charge in [0.25, 0.3) is 0 Å². The van der Waals surface area contributed by atoms with Crippen molar-refractivity contribution in [1.82, 2.24) is 4.98 Å². The van der Waals surface area contributed by atoms with Gasteiger partial charge in [0, 0.05) is 5.39 Å². The van der Waals surface area contributed by atoms with Gasteiger partial charge in [-0.1, -0.05) is 18.2 Å². The number of pyridine rings is 1. The van der Waals surface area contributed by atoms with Crippen molar-refractivity contribution in [3.8, 4) is 6.07 Å². The molecule has 0 unspecified atom stereocenters. The number of para-hydroxylation sites is 1. The predicted molar refractivity (Wildman–Crippen MR) is 51.8 cm³/mol. The standard InChI is InChI=1S/C11H6N2O/c12-6-9-3-1-2-8-4-5-10(7-14)13-11(8)9/h1-5,7H. The van der Waals surface area contributed by atoms with Crippen molar-refractivity contribution in [2.75, 3.05) is 0 Å². The van der Waals surface area contributed by atoms with Gasteiger partial charge in [-0.3, -0.25) is 4.79 Å². The summed E-state index contributed by atoms with van der Waals surface area (Å²) >= 11 is 0. The Labute approximate surface area is 80.6 Å². The highest BCUT2D eigenvalue weighted by Gasteiger charge is 2.01. The van der Waals surface area contributed by atoms with Gasteiger partial charge < -0.3 is 0 Å². The number of aromatic nitrogens is 1. The fourth-order valence-corrected chi connectivity index (χ4v) is 1.32. The first kappa shape index (κ1) is 8.39. The Hall–Kier alpha value is -2.21. The van der Waals surface area contributed by atoms with E-state index in [-0.39, 0.29) is 0 Å². The second kappa shape index (κ2) is 3.27. The predicted octanol–water partition coefficient (Wildman–Crippen LogP) is 1.92. The minimum atomic E-state index is 0.347. The smallest absolute Gasteiger partial charge is 0.168 e. The average Bonchev–Trinajstić information content (AvgIpc) is 2.27. The molecule has 0 bridgehead atoms. The summed E-state index contributed by atoms with van der Waals surface area (Å²) in [5, 5.41) is 9.69. The first-order valence-electron chi connectivity index (χ1n) is 4.10. The number of nitrogens with zero attached hydrogens (tertiary/aromatic N) is 2. The SMILES string of the molecule is N#Cc1cccc2ccc(C=O)nc12. The molecule has 66 valence electrons. The van der Waals surface area contributed by atoms with Crippen molar-refractivity contribution < 1.29 is 4.79 Å². The molecule has 0 atom stereocenters. The van der Waals surface area contributed by atoms with Crippen molar-refractivity contribution in [2.24, 2.45) is 0 Å². The van der Waals surface area contributed by atoms with Gasteiger partial charge in [-0.25, -0.2) is 4.98 Å². The van der Waals surface area contributed by atoms with Gasteiger partial charge >= 0.3 is 0 Å². The molecule has 0 saturated heterocycles. The molecule has 0 spiro atoms. The van der Waals surface area contributed by atoms with E-state index >= 15 is 0 Å². The maximum absolute atomic E-state index is 10.5. The van der Waals surface area contributed by atoms with Crippen LogP contribution in [-0.2, 0) is 0 Å². The third-order valence-electron chi connectivity index (χ3n) is 1.98. The minimum Gasteiger partial charge on any atom is -0.296 e. The molecule has 0 saturated carbocycles. The summed E-state index contributed by atoms with van der Waals surface area (Å²) in [5.74, 6) is 0. The van der Waals surface area contributed by atoms with E-state index in [1.165, 1.54) is 0 Å². The van der Waals surface area contributed by atoms with Crippen LogP contribution in [0.5, 0.6) is 0 Å². The summed E-state index contributed by atoms with van der Waals surface area (Å²) in [7, 11) is 0. The highest BCUT2D eigenvalue weighted by molar-refractivity contribution is 5.87. The zero-order valence-corrected chi connectivity index (χ0v) is 7.27. The fourth-order valence-electron chi connectivity index (χ4n) is 1.32. The van der Waals surface area contributed by atoms with Gasteiger partial charge in [0.15, 0.2) is 6.29 Å². The van der Waals surface area contributed by atoms with E-state index in [9.17, 15) is 4.79 Å². The molecule has 0 fully saturated rings. The largest absolute Gasteiger partial charge is 0.296 e. The van der Waals surface area contributed by atoms with Crippen LogP contribution in [0.4, 0.5) is 0 Å². The van der Waals surface area contributed by atoms with Gasteiger partial charge in [0.05, 0.1) is 11.1 Å². The minimum absolute atomic E-state index is 0.347. The van der Waals surface area contributed by atoms with Crippen molar-refractivity contribution in [2.45, 2.75) is 0 Å². The Kier molecular flexibility index (Phi) is 1.96. The van der Waals surface area contributed by atoms with E-state index in [0.717, 1.165) is 5.39 Å². The van der Waals surface area contributed by atoms with Gasteiger partial charge in [-0.05, 0) is 12.1 Å². The van der Waals surface area contributed by atoms with Crippen LogP contribution in [0.15, 0.2) is 30.3 Å². The zero-order valence-electron chi connectivity index (χ0n) is 7.27. The Balaban J connectivity index is 2.84. The lowest BCUT2D eigenvalue weighted by atomic mass is 10.1. The molecule has 3 heteroatoms. The Bertz CT molecular complexity index is 540. The number of carbonyl (C=O) groups excluding carboxylic acids is 1. The second-order valence-electron chi connectivity index (χ2n) is 2.84. The number of benzene rings is 1. The molecule has 2 rings (SSSR count). The molecule has 0 N–H and O–H groups in total. The number of nitriles is 1. The van der Waals surface area contributed by atoms with Crippen LogP contribution in [0, 0.1) is 11.3 Å². The van der Waals surface area contributed by atoms with Crippen LogP contribution in [0.3, 0.4) is 0 Å². The molecule has 1 aromatic carbocycles. The first-order valence-corrected chi connectivity index (χ1v) is 4.10. The second-order valence-corrected chi connectivity index (χ2v) is 2.84. The molecule has 0 amide bonds. The molecule has 1 aromatic heterocycles. The van der Waals surface area contributed by atoms with Crippen molar-refractivity contribution in [3.63, 3.8) is 0 Å². The molecule has 1 heterocycles. The lowest BCUT2D eigenvalue weighted by molar-refractivity contribution is 0.111. The molecule has 0 radical (unpaired) electrons. The normalized spacial score (nSPS) is 9.64. The molecule has 3 nitrogen and oxygen atoms in total. The summed E-state index contributed by atoms with van der Waals surface area (Å²) in [6.07, 6.45) is 0.674. The number of aldehydes is 1. The van der Waals surface area contributed by atoms with Gasteiger partial charge in [-0.15, -0.1) is 0 Å². The molecular formula is C11H6N2O. The van der Waals surface area contributed by atoms with E-state index in [0.29, 0.717) is 23.1 Å². The van der Waals surface area contributed by atoms with Gasteiger partial charge in [0.1, 0.15) is 11.8 Å². The summed E-state index contributed by atoms with van der Waals surface area (Å²) in [4.78, 5) is 14.6. The van der Waals surface area contributed by atoms with E-state index in [1.54, 1.807) is 24.3 Å². The third-order valence-corrected chi connectivity index (χ3v) is 1.98. The quantitative estimate of drug-likeness (QED) is 0.633. The van der Waals surface area contributed by atoms with Crippen LogP contribution in [0.1, 0.15) is 16.1 Å². The maximum Gasteiger partial charge on any atom is 0.168 e. The molecule has 14 heavy (non-hydrogen) atoms. The van der Waals surface area contributed by atoms with Crippen molar-refractivity contribution in [1.29, 1.82) is 5.26 Å². The van der Waals surface area contributed by atoms with Crippen molar-refractivity contribution >= 4 is 17.2 Å². The Morgan fingerprint density at radius 1 is 1.29 bits per heavy atom. The molecule has 0 aliphatic heterocycles. The number of hydrogen-bond acceptors (Lipinski definition) is 3. The fraction of sp³-hybridized carbons (Fsp3) is 0. The van der Waals surface area contributed by atoms with Crippen LogP contribution >= 0.6 is 0 Å². The highest BCUT2D eigenvalue weighted by atomic mass is 16.1. The zero-order chi connectivity index (χ0) is 9.97. The van der Waals surface area contributed by atoms with Crippen LogP contribution in [0.2, 0.25) is 0 Å². The summed E-state index contributed by atoms with van der Waals surface area (Å²) < 4.78 is 0. The summed E-state index contributed by atoms with van der Waals surface area (Å²) in [6, 6.07) is 10.8. The highest BCUT2D eigenvalue weighted by Crippen LogP contribution is 2.15. The van der Waals surface area contributed by atoms with Gasteiger partial charge in [-0.2, -0.15) is 5.26 Å². The van der Waals surface area contributed by atoms with E-state index in [1.807, 2.05) is 12.1 Å². The van der Waals surface area contributed by atoms with Crippen LogP contribution < -0.4 is 0 Å². The number of carbonyl (C=O) groups is 1. The Morgan fingerprint density at radius 2 is 2.14 bits per heavy atom. The lowest BCUT2D eigenvalue weighted by Gasteiger charge is -1.98. The third kappa shape index (κ3) is 1.23. The van der Waals surface area contributed by atoms with E-state index in [4.69, 9.17) is 5.26 Å². The van der Waals surface area contributed by atoms with Gasteiger partial charge in [0.2, 0.25) is 0 Å². The topological polar surface area (TPSA) is 53.8 Å². The lowest BCUT2D eigenvalue weighted by Crippen LogP contribution is -1.89. The number of fused-ring (bicyclic) bond motifs is 1. The summed E-state index contributed by atoms with van der Waals surface area (Å²) in [6.45, 7) is 0. The average molecular weight is 182 g/mol. The molecule has 0 aliphatic rings.